The summed E-state index contributed by atoms with van der Waals surface area (Å²) in [6.07, 6.45) is 0. The van der Waals surface area contributed by atoms with Crippen LogP contribution in [0.5, 0.6) is 0 Å². The molecule has 0 saturated carbocycles. The largest absolute Gasteiger partial charge is 0.383 e. The number of rotatable bonds is 5. The standard InChI is InChI=1S/C12H13Cl2N3O3S/c1-8-3-4-9(13)7-10(8)11-15-16-12(21(14,18)19)17(11)5-6-20-2/h3-4,7H,5-6H2,1-2H3. The fraction of sp³-hybridized carbons (Fsp3) is 0.333. The van der Waals surface area contributed by atoms with Crippen LogP contribution in [0.25, 0.3) is 11.4 Å². The summed E-state index contributed by atoms with van der Waals surface area (Å²) in [4.78, 5) is 0. The minimum Gasteiger partial charge on any atom is -0.383 e. The molecule has 21 heavy (non-hydrogen) atoms. The molecule has 0 aliphatic carbocycles. The number of methoxy groups -OCH3 is 1. The van der Waals surface area contributed by atoms with E-state index in [0.717, 1.165) is 5.56 Å². The summed E-state index contributed by atoms with van der Waals surface area (Å²) in [6, 6.07) is 5.27. The van der Waals surface area contributed by atoms with Gasteiger partial charge in [0.15, 0.2) is 5.82 Å². The molecule has 2 rings (SSSR count). The van der Waals surface area contributed by atoms with Crippen molar-refractivity contribution in [1.29, 1.82) is 0 Å². The maximum absolute atomic E-state index is 11.6. The molecule has 0 N–H and O–H groups in total. The van der Waals surface area contributed by atoms with Crippen LogP contribution in [0, 0.1) is 6.92 Å². The smallest absolute Gasteiger partial charge is 0.296 e. The minimum absolute atomic E-state index is 0.256. The lowest BCUT2D eigenvalue weighted by Crippen LogP contribution is -2.11. The fourth-order valence-corrected chi connectivity index (χ4v) is 2.98. The molecule has 0 bridgehead atoms. The Bertz CT molecular complexity index is 759. The highest BCUT2D eigenvalue weighted by Crippen LogP contribution is 2.27. The Kier molecular flexibility index (Phi) is 4.88. The Balaban J connectivity index is 2.63. The van der Waals surface area contributed by atoms with Gasteiger partial charge < -0.3 is 4.74 Å². The quantitative estimate of drug-likeness (QED) is 0.775. The summed E-state index contributed by atoms with van der Waals surface area (Å²) >= 11 is 5.99. The molecule has 0 spiro atoms. The number of aryl methyl sites for hydroxylation is 1. The van der Waals surface area contributed by atoms with E-state index in [1.54, 1.807) is 12.1 Å². The zero-order chi connectivity index (χ0) is 15.6. The number of aromatic nitrogens is 3. The third kappa shape index (κ3) is 3.55. The summed E-state index contributed by atoms with van der Waals surface area (Å²) in [5, 5.41) is 7.84. The molecule has 0 aliphatic heterocycles. The average Bonchev–Trinajstić information content (AvgIpc) is 2.82. The highest BCUT2D eigenvalue weighted by atomic mass is 35.7. The van der Waals surface area contributed by atoms with E-state index in [4.69, 9.17) is 27.0 Å². The number of hydrogen-bond donors (Lipinski definition) is 0. The molecule has 0 saturated heterocycles. The number of ether oxygens (including phenoxy) is 1. The first-order chi connectivity index (χ1) is 9.84. The average molecular weight is 350 g/mol. The van der Waals surface area contributed by atoms with Gasteiger partial charge in [0.05, 0.1) is 13.2 Å². The first-order valence-electron chi connectivity index (χ1n) is 5.98. The van der Waals surface area contributed by atoms with Crippen LogP contribution in [0.15, 0.2) is 23.4 Å². The Morgan fingerprint density at radius 1 is 1.33 bits per heavy atom. The van der Waals surface area contributed by atoms with Crippen molar-refractivity contribution in [1.82, 2.24) is 14.8 Å². The molecule has 2 aromatic rings. The first kappa shape index (κ1) is 16.2. The number of nitrogens with zero attached hydrogens (tertiary/aromatic N) is 3. The van der Waals surface area contributed by atoms with Gasteiger partial charge in [-0.3, -0.25) is 4.57 Å². The van der Waals surface area contributed by atoms with Gasteiger partial charge in [0.1, 0.15) is 0 Å². The van der Waals surface area contributed by atoms with Crippen molar-refractivity contribution in [2.24, 2.45) is 0 Å². The highest BCUT2D eigenvalue weighted by molar-refractivity contribution is 8.13. The third-order valence-electron chi connectivity index (χ3n) is 2.89. The predicted molar refractivity (Wildman–Crippen MR) is 80.1 cm³/mol. The Morgan fingerprint density at radius 2 is 2.05 bits per heavy atom. The molecule has 0 aliphatic rings. The van der Waals surface area contributed by atoms with Crippen LogP contribution < -0.4 is 0 Å². The summed E-state index contributed by atoms with van der Waals surface area (Å²) < 4.78 is 29.6. The van der Waals surface area contributed by atoms with Crippen molar-refractivity contribution in [3.05, 3.63) is 28.8 Å². The van der Waals surface area contributed by atoms with Crippen LogP contribution in [-0.4, -0.2) is 36.9 Å². The maximum Gasteiger partial charge on any atom is 0.296 e. The van der Waals surface area contributed by atoms with Crippen molar-refractivity contribution in [2.75, 3.05) is 13.7 Å². The topological polar surface area (TPSA) is 74.1 Å². The van der Waals surface area contributed by atoms with Crippen LogP contribution in [0.1, 0.15) is 5.56 Å². The molecule has 114 valence electrons. The normalized spacial score (nSPS) is 11.8. The molecule has 0 unspecified atom stereocenters. The fourth-order valence-electron chi connectivity index (χ4n) is 1.89. The third-order valence-corrected chi connectivity index (χ3v) is 4.28. The van der Waals surface area contributed by atoms with Gasteiger partial charge in [0.2, 0.25) is 0 Å². The van der Waals surface area contributed by atoms with Crippen LogP contribution >= 0.6 is 22.3 Å². The van der Waals surface area contributed by atoms with Crippen molar-refractivity contribution in [3.63, 3.8) is 0 Å². The molecule has 1 aromatic carbocycles. The molecule has 0 atom stereocenters. The lowest BCUT2D eigenvalue weighted by molar-refractivity contribution is 0.185. The van der Waals surface area contributed by atoms with Gasteiger partial charge in [0.25, 0.3) is 14.2 Å². The summed E-state index contributed by atoms with van der Waals surface area (Å²) in [7, 11) is 2.91. The van der Waals surface area contributed by atoms with Gasteiger partial charge in [-0.15, -0.1) is 10.2 Å². The monoisotopic (exact) mass is 349 g/mol. The van der Waals surface area contributed by atoms with E-state index >= 15 is 0 Å². The van der Waals surface area contributed by atoms with Crippen LogP contribution in [-0.2, 0) is 20.3 Å². The van der Waals surface area contributed by atoms with E-state index in [9.17, 15) is 8.42 Å². The SMILES string of the molecule is COCCn1c(-c2cc(Cl)ccc2C)nnc1S(=O)(=O)Cl. The minimum atomic E-state index is -4.00. The van der Waals surface area contributed by atoms with Crippen molar-refractivity contribution in [2.45, 2.75) is 18.6 Å². The molecule has 1 heterocycles. The van der Waals surface area contributed by atoms with E-state index in [2.05, 4.69) is 10.2 Å². The van der Waals surface area contributed by atoms with E-state index in [-0.39, 0.29) is 11.7 Å². The van der Waals surface area contributed by atoms with Crippen molar-refractivity contribution >= 4 is 31.3 Å². The van der Waals surface area contributed by atoms with Crippen LogP contribution in [0.4, 0.5) is 0 Å². The van der Waals surface area contributed by atoms with Gasteiger partial charge in [-0.1, -0.05) is 17.7 Å². The zero-order valence-corrected chi connectivity index (χ0v) is 13.7. The predicted octanol–water partition coefficient (Wildman–Crippen LogP) is 2.48. The first-order valence-corrected chi connectivity index (χ1v) is 8.66. The summed E-state index contributed by atoms with van der Waals surface area (Å²) in [6.45, 7) is 2.42. The molecule has 6 nitrogen and oxygen atoms in total. The lowest BCUT2D eigenvalue weighted by atomic mass is 10.1. The van der Waals surface area contributed by atoms with Gasteiger partial charge in [-0.05, 0) is 24.6 Å². The van der Waals surface area contributed by atoms with Crippen molar-refractivity contribution in [3.8, 4) is 11.4 Å². The van der Waals surface area contributed by atoms with Gasteiger partial charge >= 0.3 is 0 Å². The molecule has 0 radical (unpaired) electrons. The van der Waals surface area contributed by atoms with Gasteiger partial charge in [-0.2, -0.15) is 0 Å². The van der Waals surface area contributed by atoms with E-state index in [1.807, 2.05) is 13.0 Å². The molecular weight excluding hydrogens is 337 g/mol. The summed E-state index contributed by atoms with van der Waals surface area (Å²) in [5.41, 5.74) is 1.58. The number of benzene rings is 1. The Morgan fingerprint density at radius 3 is 2.67 bits per heavy atom. The Hall–Kier alpha value is -1.15. The molecular formula is C12H13Cl2N3O3S. The van der Waals surface area contributed by atoms with Gasteiger partial charge in [-0.25, -0.2) is 8.42 Å². The zero-order valence-electron chi connectivity index (χ0n) is 11.4. The molecule has 0 fully saturated rings. The summed E-state index contributed by atoms with van der Waals surface area (Å²) in [5.74, 6) is 0.381. The van der Waals surface area contributed by atoms with E-state index < -0.39 is 9.05 Å². The van der Waals surface area contributed by atoms with Gasteiger partial charge in [0, 0.05) is 28.4 Å². The van der Waals surface area contributed by atoms with Crippen molar-refractivity contribution < 1.29 is 13.2 Å². The van der Waals surface area contributed by atoms with E-state index in [1.165, 1.54) is 11.7 Å². The second-order valence-electron chi connectivity index (χ2n) is 4.35. The number of halogens is 2. The second-order valence-corrected chi connectivity index (χ2v) is 7.24. The second kappa shape index (κ2) is 6.31. The van der Waals surface area contributed by atoms with Crippen LogP contribution in [0.3, 0.4) is 0 Å². The lowest BCUT2D eigenvalue weighted by Gasteiger charge is -2.10. The molecule has 1 aromatic heterocycles. The molecule has 9 heteroatoms. The Labute approximate surface area is 132 Å². The molecule has 0 amide bonds. The highest BCUT2D eigenvalue weighted by Gasteiger charge is 2.24. The number of hydrogen-bond acceptors (Lipinski definition) is 5. The van der Waals surface area contributed by atoms with E-state index in [0.29, 0.717) is 23.0 Å². The maximum atomic E-state index is 11.6. The van der Waals surface area contributed by atoms with Crippen LogP contribution in [0.2, 0.25) is 5.02 Å².